The molecule has 1 aromatic heterocycles. The summed E-state index contributed by atoms with van der Waals surface area (Å²) in [4.78, 5) is 13.7. The van der Waals surface area contributed by atoms with Gasteiger partial charge in [0.2, 0.25) is 0 Å². The van der Waals surface area contributed by atoms with Crippen LogP contribution in [0.15, 0.2) is 60.7 Å². The van der Waals surface area contributed by atoms with Crippen molar-refractivity contribution in [2.45, 2.75) is 6.92 Å². The summed E-state index contributed by atoms with van der Waals surface area (Å²) in [5.41, 5.74) is 9.47. The van der Waals surface area contributed by atoms with Gasteiger partial charge < -0.3 is 5.73 Å². The zero-order chi connectivity index (χ0) is 14.8. The predicted molar refractivity (Wildman–Crippen MR) is 88.8 cm³/mol. The first-order valence-corrected chi connectivity index (χ1v) is 7.54. The maximum atomic E-state index is 12.7. The maximum Gasteiger partial charge on any atom is 0.196 e. The number of hydrogen-bond acceptors (Lipinski definition) is 3. The molecule has 0 spiro atoms. The molecule has 2 nitrogen and oxygen atoms in total. The molecule has 0 saturated heterocycles. The fourth-order valence-corrected chi connectivity index (χ4v) is 3.49. The van der Waals surface area contributed by atoms with Gasteiger partial charge >= 0.3 is 0 Å². The molecule has 0 atom stereocenters. The number of anilines is 1. The van der Waals surface area contributed by atoms with Crippen LogP contribution in [0.5, 0.6) is 0 Å². The van der Waals surface area contributed by atoms with Gasteiger partial charge in [0.1, 0.15) is 0 Å². The van der Waals surface area contributed by atoms with E-state index in [2.05, 4.69) is 0 Å². The highest BCUT2D eigenvalue weighted by Gasteiger charge is 2.21. The first kappa shape index (κ1) is 13.6. The zero-order valence-electron chi connectivity index (χ0n) is 11.7. The van der Waals surface area contributed by atoms with Crippen molar-refractivity contribution < 1.29 is 4.79 Å². The average molecular weight is 293 g/mol. The number of carbonyl (C=O) groups is 1. The second-order valence-electron chi connectivity index (χ2n) is 4.86. The van der Waals surface area contributed by atoms with Gasteiger partial charge in [0.05, 0.1) is 10.6 Å². The van der Waals surface area contributed by atoms with Crippen LogP contribution in [0.2, 0.25) is 0 Å². The van der Waals surface area contributed by atoms with E-state index in [9.17, 15) is 4.79 Å². The lowest BCUT2D eigenvalue weighted by Gasteiger charge is -2.03. The normalized spacial score (nSPS) is 10.5. The molecule has 0 fully saturated rings. The van der Waals surface area contributed by atoms with Crippen LogP contribution in [0.25, 0.3) is 10.4 Å². The number of benzene rings is 2. The summed E-state index contributed by atoms with van der Waals surface area (Å²) in [6, 6.07) is 19.3. The number of nitrogen functional groups attached to an aromatic ring is 1. The Hall–Kier alpha value is -2.39. The van der Waals surface area contributed by atoms with Crippen LogP contribution in [0, 0.1) is 6.92 Å². The van der Waals surface area contributed by atoms with Crippen LogP contribution < -0.4 is 5.73 Å². The molecule has 0 aliphatic rings. The Kier molecular flexibility index (Phi) is 3.59. The number of rotatable bonds is 3. The minimum absolute atomic E-state index is 0.0102. The quantitative estimate of drug-likeness (QED) is 0.721. The van der Waals surface area contributed by atoms with Crippen LogP contribution >= 0.6 is 11.3 Å². The minimum atomic E-state index is -0.0102. The molecular weight excluding hydrogens is 278 g/mol. The molecule has 3 heteroatoms. The molecule has 3 aromatic rings. The maximum absolute atomic E-state index is 12.7. The van der Waals surface area contributed by atoms with Crippen molar-refractivity contribution in [3.05, 3.63) is 77.4 Å². The van der Waals surface area contributed by atoms with E-state index in [4.69, 9.17) is 5.73 Å². The fraction of sp³-hybridized carbons (Fsp3) is 0.0556. The van der Waals surface area contributed by atoms with E-state index in [1.165, 1.54) is 11.3 Å². The van der Waals surface area contributed by atoms with Crippen molar-refractivity contribution in [3.8, 4) is 10.4 Å². The van der Waals surface area contributed by atoms with Gasteiger partial charge in [-0.1, -0.05) is 60.7 Å². The van der Waals surface area contributed by atoms with E-state index >= 15 is 0 Å². The predicted octanol–water partition coefficient (Wildman–Crippen LogP) is 4.54. The second kappa shape index (κ2) is 5.54. The summed E-state index contributed by atoms with van der Waals surface area (Å²) in [7, 11) is 0. The van der Waals surface area contributed by atoms with Crippen LogP contribution in [-0.4, -0.2) is 5.78 Å². The Morgan fingerprint density at radius 3 is 2.14 bits per heavy atom. The van der Waals surface area contributed by atoms with Gasteiger partial charge in [-0.15, -0.1) is 11.3 Å². The molecule has 2 N–H and O–H groups in total. The average Bonchev–Trinajstić information content (AvgIpc) is 2.83. The number of nitrogens with two attached hydrogens (primary N) is 1. The van der Waals surface area contributed by atoms with E-state index < -0.39 is 0 Å². The van der Waals surface area contributed by atoms with Crippen molar-refractivity contribution in [3.63, 3.8) is 0 Å². The molecule has 0 radical (unpaired) electrons. The molecule has 2 aromatic carbocycles. The van der Waals surface area contributed by atoms with Crippen molar-refractivity contribution in [1.82, 2.24) is 0 Å². The van der Waals surface area contributed by atoms with E-state index in [-0.39, 0.29) is 5.78 Å². The van der Waals surface area contributed by atoms with Gasteiger partial charge in [-0.3, -0.25) is 4.79 Å². The van der Waals surface area contributed by atoms with E-state index in [1.54, 1.807) is 0 Å². The van der Waals surface area contributed by atoms with Gasteiger partial charge in [-0.2, -0.15) is 0 Å². The smallest absolute Gasteiger partial charge is 0.196 e. The molecule has 0 saturated carbocycles. The molecule has 0 aliphatic heterocycles. The summed E-state index contributed by atoms with van der Waals surface area (Å²) in [5, 5.41) is 0.584. The van der Waals surface area contributed by atoms with E-state index in [0.717, 1.165) is 16.0 Å². The first-order chi connectivity index (χ1) is 10.2. The van der Waals surface area contributed by atoms with Crippen molar-refractivity contribution >= 4 is 22.1 Å². The molecular formula is C18H15NOS. The Morgan fingerprint density at radius 2 is 1.52 bits per heavy atom. The lowest BCUT2D eigenvalue weighted by molar-refractivity contribution is 0.103. The number of thiophene rings is 1. The Balaban J connectivity index is 2.09. The molecule has 21 heavy (non-hydrogen) atoms. The van der Waals surface area contributed by atoms with Crippen LogP contribution in [0.3, 0.4) is 0 Å². The minimum Gasteiger partial charge on any atom is -0.390 e. The molecule has 104 valence electrons. The number of carbonyl (C=O) groups excluding carboxylic acids is 1. The number of hydrogen-bond donors (Lipinski definition) is 1. The largest absolute Gasteiger partial charge is 0.390 e. The zero-order valence-corrected chi connectivity index (χ0v) is 12.5. The van der Waals surface area contributed by atoms with Crippen LogP contribution in [-0.2, 0) is 0 Å². The third-order valence-electron chi connectivity index (χ3n) is 3.47. The molecule has 0 amide bonds. The third-order valence-corrected chi connectivity index (χ3v) is 4.64. The van der Waals surface area contributed by atoms with Crippen molar-refractivity contribution in [2.75, 3.05) is 5.73 Å². The van der Waals surface area contributed by atoms with Crippen molar-refractivity contribution in [1.29, 1.82) is 0 Å². The van der Waals surface area contributed by atoms with E-state index in [0.29, 0.717) is 16.1 Å². The summed E-state index contributed by atoms with van der Waals surface area (Å²) in [6.45, 7) is 1.96. The molecule has 3 rings (SSSR count). The number of ketones is 1. The lowest BCUT2D eigenvalue weighted by atomic mass is 9.99. The molecule has 0 aliphatic carbocycles. The molecule has 1 heterocycles. The fourth-order valence-electron chi connectivity index (χ4n) is 2.42. The highest BCUT2D eigenvalue weighted by atomic mass is 32.1. The summed E-state index contributed by atoms with van der Waals surface area (Å²) < 4.78 is 0. The van der Waals surface area contributed by atoms with Gasteiger partial charge in [0.25, 0.3) is 0 Å². The molecule has 0 bridgehead atoms. The first-order valence-electron chi connectivity index (χ1n) is 6.72. The van der Waals surface area contributed by atoms with Crippen LogP contribution in [0.1, 0.15) is 21.5 Å². The SMILES string of the molecule is Cc1c(-c2ccccc2)sc(N)c1C(=O)c1ccccc1. The Morgan fingerprint density at radius 1 is 0.952 bits per heavy atom. The lowest BCUT2D eigenvalue weighted by Crippen LogP contribution is -2.04. The highest BCUT2D eigenvalue weighted by Crippen LogP contribution is 2.38. The Bertz CT molecular complexity index is 776. The van der Waals surface area contributed by atoms with E-state index in [1.807, 2.05) is 67.6 Å². The van der Waals surface area contributed by atoms with Gasteiger partial charge in [0, 0.05) is 10.4 Å². The van der Waals surface area contributed by atoms with Crippen molar-refractivity contribution in [2.24, 2.45) is 0 Å². The topological polar surface area (TPSA) is 43.1 Å². The molecule has 0 unspecified atom stereocenters. The van der Waals surface area contributed by atoms with Crippen LogP contribution in [0.4, 0.5) is 5.00 Å². The summed E-state index contributed by atoms with van der Waals surface area (Å²) >= 11 is 1.47. The third kappa shape index (κ3) is 2.48. The standard InChI is InChI=1S/C18H15NOS/c1-12-15(16(20)13-8-4-2-5-9-13)18(19)21-17(12)14-10-6-3-7-11-14/h2-11H,19H2,1H3. The monoisotopic (exact) mass is 293 g/mol. The second-order valence-corrected chi connectivity index (χ2v) is 5.91. The summed E-state index contributed by atoms with van der Waals surface area (Å²) in [6.07, 6.45) is 0. The summed E-state index contributed by atoms with van der Waals surface area (Å²) in [5.74, 6) is -0.0102. The highest BCUT2D eigenvalue weighted by molar-refractivity contribution is 7.20. The Labute approximate surface area is 127 Å². The van der Waals surface area contributed by atoms with Gasteiger partial charge in [-0.05, 0) is 18.1 Å². The van der Waals surface area contributed by atoms with Gasteiger partial charge in [-0.25, -0.2) is 0 Å². The van der Waals surface area contributed by atoms with Gasteiger partial charge in [0.15, 0.2) is 5.78 Å².